The summed E-state index contributed by atoms with van der Waals surface area (Å²) in [5, 5.41) is 7.05. The molecule has 0 aliphatic heterocycles. The molecule has 2 heteroatoms. The molecule has 2 aromatic rings. The van der Waals surface area contributed by atoms with Gasteiger partial charge in [-0.2, -0.15) is 5.10 Å². The first-order valence-electron chi connectivity index (χ1n) is 8.28. The van der Waals surface area contributed by atoms with Crippen molar-refractivity contribution in [2.45, 2.75) is 45.1 Å². The fourth-order valence-electron chi connectivity index (χ4n) is 3.06. The average Bonchev–Trinajstić information content (AvgIpc) is 2.59. The normalized spacial score (nSPS) is 16.0. The van der Waals surface area contributed by atoms with Gasteiger partial charge in [0.2, 0.25) is 0 Å². The van der Waals surface area contributed by atoms with Crippen molar-refractivity contribution in [1.29, 1.82) is 0 Å². The number of hydrogen-bond donors (Lipinski definition) is 0. The van der Waals surface area contributed by atoms with Gasteiger partial charge in [0.25, 0.3) is 0 Å². The van der Waals surface area contributed by atoms with Crippen LogP contribution in [0.5, 0.6) is 0 Å². The Hall–Kier alpha value is -2.09. The molecular formula is C20H24N2. The number of anilines is 1. The molecule has 0 spiro atoms. The third-order valence-electron chi connectivity index (χ3n) is 4.35. The van der Waals surface area contributed by atoms with Crippen LogP contribution in [-0.4, -0.2) is 12.3 Å². The van der Waals surface area contributed by atoms with Crippen molar-refractivity contribution < 1.29 is 0 Å². The van der Waals surface area contributed by atoms with E-state index >= 15 is 0 Å². The van der Waals surface area contributed by atoms with Crippen LogP contribution in [0, 0.1) is 6.92 Å². The zero-order valence-corrected chi connectivity index (χ0v) is 13.3. The van der Waals surface area contributed by atoms with Gasteiger partial charge in [0, 0.05) is 0 Å². The summed E-state index contributed by atoms with van der Waals surface area (Å²) >= 11 is 0. The van der Waals surface area contributed by atoms with Crippen molar-refractivity contribution >= 4 is 11.9 Å². The van der Waals surface area contributed by atoms with Gasteiger partial charge in [-0.05, 0) is 37.5 Å². The molecule has 0 saturated heterocycles. The number of rotatable bonds is 4. The van der Waals surface area contributed by atoms with Crippen LogP contribution in [0.25, 0.3) is 0 Å². The summed E-state index contributed by atoms with van der Waals surface area (Å²) in [4.78, 5) is 0. The second kappa shape index (κ2) is 7.26. The zero-order chi connectivity index (χ0) is 15.2. The fourth-order valence-corrected chi connectivity index (χ4v) is 3.06. The van der Waals surface area contributed by atoms with Crippen molar-refractivity contribution in [2.75, 3.05) is 5.01 Å². The Morgan fingerprint density at radius 3 is 2.27 bits per heavy atom. The molecule has 114 valence electrons. The maximum atomic E-state index is 4.83. The summed E-state index contributed by atoms with van der Waals surface area (Å²) in [5.74, 6) is 0. The Balaban J connectivity index is 1.83. The topological polar surface area (TPSA) is 15.6 Å². The number of hydrogen-bond acceptors (Lipinski definition) is 2. The highest BCUT2D eigenvalue weighted by Gasteiger charge is 2.20. The molecule has 0 radical (unpaired) electrons. The Labute approximate surface area is 133 Å². The first-order chi connectivity index (χ1) is 10.8. The molecule has 0 unspecified atom stereocenters. The number of benzene rings is 2. The van der Waals surface area contributed by atoms with Gasteiger partial charge in [-0.3, -0.25) is 5.01 Å². The third-order valence-corrected chi connectivity index (χ3v) is 4.35. The summed E-state index contributed by atoms with van der Waals surface area (Å²) in [5.41, 5.74) is 3.63. The van der Waals surface area contributed by atoms with Gasteiger partial charge in [-0.15, -0.1) is 0 Å². The van der Waals surface area contributed by atoms with Gasteiger partial charge in [-0.1, -0.05) is 67.3 Å². The summed E-state index contributed by atoms with van der Waals surface area (Å²) in [6.45, 7) is 2.11. The predicted molar refractivity (Wildman–Crippen MR) is 94.6 cm³/mol. The smallest absolute Gasteiger partial charge is 0.0597 e. The number of nitrogens with zero attached hydrogens (tertiary/aromatic N) is 2. The summed E-state index contributed by atoms with van der Waals surface area (Å²) in [6, 6.07) is 19.6. The quantitative estimate of drug-likeness (QED) is 0.561. The van der Waals surface area contributed by atoms with E-state index in [1.807, 2.05) is 6.21 Å². The molecule has 0 amide bonds. The maximum Gasteiger partial charge on any atom is 0.0597 e. The molecule has 1 aliphatic carbocycles. The van der Waals surface area contributed by atoms with E-state index in [0.29, 0.717) is 6.04 Å². The molecule has 3 rings (SSSR count). The minimum atomic E-state index is 0.526. The van der Waals surface area contributed by atoms with E-state index in [9.17, 15) is 0 Å². The molecular weight excluding hydrogens is 268 g/mol. The minimum absolute atomic E-state index is 0.526. The number of aryl methyl sites for hydroxylation is 1. The van der Waals surface area contributed by atoms with Crippen LogP contribution in [0.3, 0.4) is 0 Å². The van der Waals surface area contributed by atoms with Crippen LogP contribution in [0.4, 0.5) is 5.69 Å². The SMILES string of the molecule is Cc1ccc(/C=N\N(c2ccccc2)C2CCCCC2)cc1. The van der Waals surface area contributed by atoms with Crippen LogP contribution in [-0.2, 0) is 0 Å². The molecule has 0 N–H and O–H groups in total. The fraction of sp³-hybridized carbons (Fsp3) is 0.350. The van der Waals surface area contributed by atoms with Crippen molar-refractivity contribution in [3.05, 3.63) is 65.7 Å². The van der Waals surface area contributed by atoms with Crippen LogP contribution in [0.2, 0.25) is 0 Å². The van der Waals surface area contributed by atoms with Gasteiger partial charge >= 0.3 is 0 Å². The molecule has 0 heterocycles. The number of para-hydroxylation sites is 1. The molecule has 1 aliphatic rings. The van der Waals surface area contributed by atoms with Crippen molar-refractivity contribution in [3.8, 4) is 0 Å². The van der Waals surface area contributed by atoms with E-state index in [1.54, 1.807) is 0 Å². The van der Waals surface area contributed by atoms with Crippen molar-refractivity contribution in [2.24, 2.45) is 5.10 Å². The lowest BCUT2D eigenvalue weighted by atomic mass is 9.95. The third kappa shape index (κ3) is 3.76. The second-order valence-corrected chi connectivity index (χ2v) is 6.13. The lowest BCUT2D eigenvalue weighted by molar-refractivity contribution is 0.419. The first kappa shape index (κ1) is 14.8. The van der Waals surface area contributed by atoms with Gasteiger partial charge in [0.1, 0.15) is 0 Å². The van der Waals surface area contributed by atoms with Crippen LogP contribution < -0.4 is 5.01 Å². The summed E-state index contributed by atoms with van der Waals surface area (Å²) in [6.07, 6.45) is 8.45. The van der Waals surface area contributed by atoms with Gasteiger partial charge in [0.15, 0.2) is 0 Å². The lowest BCUT2D eigenvalue weighted by Gasteiger charge is -2.32. The van der Waals surface area contributed by atoms with E-state index < -0.39 is 0 Å². The lowest BCUT2D eigenvalue weighted by Crippen LogP contribution is -2.32. The van der Waals surface area contributed by atoms with Gasteiger partial charge in [-0.25, -0.2) is 0 Å². The predicted octanol–water partition coefficient (Wildman–Crippen LogP) is 5.17. The van der Waals surface area contributed by atoms with E-state index in [-0.39, 0.29) is 0 Å². The largest absolute Gasteiger partial charge is 0.262 e. The minimum Gasteiger partial charge on any atom is -0.262 e. The van der Waals surface area contributed by atoms with E-state index in [0.717, 1.165) is 5.56 Å². The Bertz CT molecular complexity index is 595. The maximum absolute atomic E-state index is 4.83. The molecule has 0 bridgehead atoms. The molecule has 0 atom stereocenters. The Kier molecular flexibility index (Phi) is 4.89. The van der Waals surface area contributed by atoms with Crippen LogP contribution in [0.15, 0.2) is 59.7 Å². The van der Waals surface area contributed by atoms with E-state index in [1.165, 1.54) is 43.4 Å². The van der Waals surface area contributed by atoms with Crippen molar-refractivity contribution in [1.82, 2.24) is 0 Å². The van der Waals surface area contributed by atoms with Crippen LogP contribution in [0.1, 0.15) is 43.2 Å². The standard InChI is InChI=1S/C20H24N2/c1-17-12-14-18(15-13-17)16-21-22(19-8-4-2-5-9-19)20-10-6-3-7-11-20/h2,4-5,8-9,12-16,20H,3,6-7,10-11H2,1H3/b21-16-. The monoisotopic (exact) mass is 292 g/mol. The van der Waals surface area contributed by atoms with E-state index in [2.05, 4.69) is 66.5 Å². The molecule has 2 nitrogen and oxygen atoms in total. The molecule has 2 aromatic carbocycles. The summed E-state index contributed by atoms with van der Waals surface area (Å²) in [7, 11) is 0. The molecule has 22 heavy (non-hydrogen) atoms. The second-order valence-electron chi connectivity index (χ2n) is 6.13. The highest BCUT2D eigenvalue weighted by molar-refractivity contribution is 5.80. The highest BCUT2D eigenvalue weighted by atomic mass is 15.5. The number of hydrazone groups is 1. The Morgan fingerprint density at radius 1 is 0.909 bits per heavy atom. The zero-order valence-electron chi connectivity index (χ0n) is 13.3. The molecule has 1 fully saturated rings. The average molecular weight is 292 g/mol. The van der Waals surface area contributed by atoms with Gasteiger partial charge < -0.3 is 0 Å². The summed E-state index contributed by atoms with van der Waals surface area (Å²) < 4.78 is 0. The van der Waals surface area contributed by atoms with Crippen LogP contribution >= 0.6 is 0 Å². The highest BCUT2D eigenvalue weighted by Crippen LogP contribution is 2.27. The van der Waals surface area contributed by atoms with Crippen molar-refractivity contribution in [3.63, 3.8) is 0 Å². The molecule has 1 saturated carbocycles. The van der Waals surface area contributed by atoms with Gasteiger partial charge in [0.05, 0.1) is 17.9 Å². The molecule has 0 aromatic heterocycles. The van der Waals surface area contributed by atoms with E-state index in [4.69, 9.17) is 5.10 Å². The Morgan fingerprint density at radius 2 is 1.59 bits per heavy atom. The first-order valence-corrected chi connectivity index (χ1v) is 8.28.